The first kappa shape index (κ1) is 14.3. The van der Waals surface area contributed by atoms with Crippen LogP contribution in [0.4, 0.5) is 0 Å². The van der Waals surface area contributed by atoms with E-state index in [1.165, 1.54) is 0 Å². The Morgan fingerprint density at radius 2 is 1.58 bits per heavy atom. The summed E-state index contributed by atoms with van der Waals surface area (Å²) < 4.78 is 0. The summed E-state index contributed by atoms with van der Waals surface area (Å²) in [6.45, 7) is 6.70. The summed E-state index contributed by atoms with van der Waals surface area (Å²) in [5.41, 5.74) is 5.36. The van der Waals surface area contributed by atoms with Crippen LogP contribution in [0.3, 0.4) is 0 Å². The zero-order valence-electron chi connectivity index (χ0n) is 11.7. The third kappa shape index (κ3) is 3.25. The number of amides is 2. The first-order valence-corrected chi connectivity index (χ1v) is 7.14. The van der Waals surface area contributed by atoms with E-state index in [1.807, 2.05) is 11.8 Å². The van der Waals surface area contributed by atoms with Crippen LogP contribution >= 0.6 is 0 Å². The van der Waals surface area contributed by atoms with Gasteiger partial charge in [-0.15, -0.1) is 0 Å². The Morgan fingerprint density at radius 1 is 1.00 bits per heavy atom. The average Bonchev–Trinajstić information content (AvgIpc) is 2.99. The van der Waals surface area contributed by atoms with Crippen molar-refractivity contribution in [2.24, 2.45) is 5.73 Å². The third-order valence-corrected chi connectivity index (χ3v) is 4.16. The first-order valence-electron chi connectivity index (χ1n) is 7.14. The third-order valence-electron chi connectivity index (χ3n) is 4.16. The molecule has 0 bridgehead atoms. The van der Waals surface area contributed by atoms with Gasteiger partial charge in [-0.25, -0.2) is 0 Å². The molecular formula is C13H24N4O2. The van der Waals surface area contributed by atoms with E-state index in [2.05, 4.69) is 4.90 Å². The minimum Gasteiger partial charge on any atom is -0.341 e. The van der Waals surface area contributed by atoms with E-state index in [0.717, 1.165) is 39.0 Å². The van der Waals surface area contributed by atoms with Crippen molar-refractivity contribution in [3.63, 3.8) is 0 Å². The molecule has 2 heterocycles. The van der Waals surface area contributed by atoms with E-state index >= 15 is 0 Å². The second kappa shape index (κ2) is 6.34. The fourth-order valence-corrected chi connectivity index (χ4v) is 2.85. The lowest BCUT2D eigenvalue weighted by Crippen LogP contribution is -2.56. The summed E-state index contributed by atoms with van der Waals surface area (Å²) in [5, 5.41) is 0. The Morgan fingerprint density at radius 3 is 2.11 bits per heavy atom. The largest absolute Gasteiger partial charge is 0.341 e. The number of nitrogens with two attached hydrogens (primary N) is 1. The van der Waals surface area contributed by atoms with E-state index in [4.69, 9.17) is 5.73 Å². The van der Waals surface area contributed by atoms with Gasteiger partial charge in [0.15, 0.2) is 0 Å². The number of hydrogen-bond donors (Lipinski definition) is 1. The maximum atomic E-state index is 12.3. The van der Waals surface area contributed by atoms with E-state index in [9.17, 15) is 9.59 Å². The zero-order valence-corrected chi connectivity index (χ0v) is 11.7. The number of carbonyl (C=O) groups excluding carboxylic acids is 2. The lowest BCUT2D eigenvalue weighted by molar-refractivity contribution is -0.137. The van der Waals surface area contributed by atoms with Gasteiger partial charge in [-0.2, -0.15) is 0 Å². The van der Waals surface area contributed by atoms with Crippen LogP contribution in [-0.2, 0) is 9.59 Å². The lowest BCUT2D eigenvalue weighted by Gasteiger charge is -2.38. The molecule has 0 spiro atoms. The number of piperazine rings is 1. The highest BCUT2D eigenvalue weighted by molar-refractivity contribution is 5.82. The van der Waals surface area contributed by atoms with Gasteiger partial charge >= 0.3 is 0 Å². The number of carbonyl (C=O) groups is 2. The normalized spacial score (nSPS) is 22.6. The van der Waals surface area contributed by atoms with Crippen molar-refractivity contribution in [2.75, 3.05) is 45.8 Å². The molecule has 1 atom stereocenters. The van der Waals surface area contributed by atoms with Gasteiger partial charge in [0.05, 0.1) is 12.6 Å². The molecule has 108 valence electrons. The summed E-state index contributed by atoms with van der Waals surface area (Å²) in [6, 6.07) is -0.0757. The molecule has 2 aliphatic heterocycles. The zero-order chi connectivity index (χ0) is 13.8. The molecule has 0 aromatic rings. The van der Waals surface area contributed by atoms with E-state index < -0.39 is 0 Å². The highest BCUT2D eigenvalue weighted by Gasteiger charge is 2.30. The molecule has 1 unspecified atom stereocenters. The molecule has 19 heavy (non-hydrogen) atoms. The quantitative estimate of drug-likeness (QED) is 0.720. The molecule has 2 rings (SSSR count). The highest BCUT2D eigenvalue weighted by atomic mass is 16.2. The molecule has 6 heteroatoms. The summed E-state index contributed by atoms with van der Waals surface area (Å²) in [5.74, 6) is 0.231. The number of nitrogens with zero attached hydrogens (tertiary/aromatic N) is 3. The van der Waals surface area contributed by atoms with Crippen LogP contribution in [0.15, 0.2) is 0 Å². The molecule has 0 aliphatic carbocycles. The molecule has 0 radical (unpaired) electrons. The summed E-state index contributed by atoms with van der Waals surface area (Å²) in [6.07, 6.45) is 2.24. The first-order chi connectivity index (χ1) is 9.13. The molecule has 2 saturated heterocycles. The van der Waals surface area contributed by atoms with Crippen molar-refractivity contribution < 1.29 is 9.59 Å². The van der Waals surface area contributed by atoms with Crippen LogP contribution in [0.5, 0.6) is 0 Å². The van der Waals surface area contributed by atoms with Gasteiger partial charge in [-0.05, 0) is 19.8 Å². The van der Waals surface area contributed by atoms with Crippen LogP contribution in [0, 0.1) is 0 Å². The Bertz CT molecular complexity index is 334. The fourth-order valence-electron chi connectivity index (χ4n) is 2.85. The Hall–Kier alpha value is -1.14. The van der Waals surface area contributed by atoms with Gasteiger partial charge in [0.25, 0.3) is 0 Å². The Labute approximate surface area is 114 Å². The molecule has 0 aromatic heterocycles. The molecule has 2 N–H and O–H groups in total. The predicted molar refractivity (Wildman–Crippen MR) is 72.5 cm³/mol. The van der Waals surface area contributed by atoms with Crippen LogP contribution in [0.1, 0.15) is 19.8 Å². The van der Waals surface area contributed by atoms with Gasteiger partial charge in [-0.1, -0.05) is 0 Å². The van der Waals surface area contributed by atoms with Gasteiger partial charge in [0.2, 0.25) is 11.8 Å². The van der Waals surface area contributed by atoms with Crippen molar-refractivity contribution >= 4 is 11.8 Å². The number of hydrogen-bond acceptors (Lipinski definition) is 4. The van der Waals surface area contributed by atoms with Crippen LogP contribution < -0.4 is 5.73 Å². The second-order valence-electron chi connectivity index (χ2n) is 5.33. The van der Waals surface area contributed by atoms with Crippen molar-refractivity contribution in [2.45, 2.75) is 25.8 Å². The summed E-state index contributed by atoms with van der Waals surface area (Å²) in [7, 11) is 0. The Balaban J connectivity index is 1.83. The maximum absolute atomic E-state index is 12.3. The molecule has 6 nitrogen and oxygen atoms in total. The van der Waals surface area contributed by atoms with E-state index in [0.29, 0.717) is 13.1 Å². The van der Waals surface area contributed by atoms with Crippen LogP contribution in [-0.4, -0.2) is 78.4 Å². The fraction of sp³-hybridized carbons (Fsp3) is 0.846. The molecule has 2 amide bonds. The van der Waals surface area contributed by atoms with Crippen LogP contribution in [0.2, 0.25) is 0 Å². The Kier molecular flexibility index (Phi) is 4.76. The van der Waals surface area contributed by atoms with E-state index in [-0.39, 0.29) is 24.4 Å². The van der Waals surface area contributed by atoms with Crippen molar-refractivity contribution in [3.05, 3.63) is 0 Å². The van der Waals surface area contributed by atoms with E-state index in [1.54, 1.807) is 4.90 Å². The van der Waals surface area contributed by atoms with Gasteiger partial charge < -0.3 is 15.5 Å². The summed E-state index contributed by atoms with van der Waals surface area (Å²) >= 11 is 0. The van der Waals surface area contributed by atoms with Crippen molar-refractivity contribution in [3.8, 4) is 0 Å². The van der Waals surface area contributed by atoms with Gasteiger partial charge in [0.1, 0.15) is 0 Å². The predicted octanol–water partition coefficient (Wildman–Crippen LogP) is -0.900. The second-order valence-corrected chi connectivity index (χ2v) is 5.33. The molecule has 2 aliphatic rings. The average molecular weight is 268 g/mol. The highest BCUT2D eigenvalue weighted by Crippen LogP contribution is 2.13. The monoisotopic (exact) mass is 268 g/mol. The topological polar surface area (TPSA) is 69.9 Å². The van der Waals surface area contributed by atoms with Crippen molar-refractivity contribution in [1.29, 1.82) is 0 Å². The molecule has 0 aromatic carbocycles. The SMILES string of the molecule is CC(C(=O)N1CCCC1)N1CCN(C(=O)CN)CC1. The molecule has 0 saturated carbocycles. The minimum absolute atomic E-state index is 0.00169. The number of rotatable bonds is 3. The lowest BCUT2D eigenvalue weighted by atomic mass is 10.2. The standard InChI is InChI=1S/C13H24N4O2/c1-11(13(19)17-4-2-3-5-17)15-6-8-16(9-7-15)12(18)10-14/h11H,2-10,14H2,1H3. The molecular weight excluding hydrogens is 244 g/mol. The van der Waals surface area contributed by atoms with Crippen LogP contribution in [0.25, 0.3) is 0 Å². The van der Waals surface area contributed by atoms with Gasteiger partial charge in [0, 0.05) is 39.3 Å². The summed E-state index contributed by atoms with van der Waals surface area (Å²) in [4.78, 5) is 29.7. The minimum atomic E-state index is -0.0757. The van der Waals surface area contributed by atoms with Crippen molar-refractivity contribution in [1.82, 2.24) is 14.7 Å². The smallest absolute Gasteiger partial charge is 0.239 e. The number of likely N-dealkylation sites (tertiary alicyclic amines) is 1. The molecule has 2 fully saturated rings. The van der Waals surface area contributed by atoms with Gasteiger partial charge in [-0.3, -0.25) is 14.5 Å². The maximum Gasteiger partial charge on any atom is 0.239 e.